The van der Waals surface area contributed by atoms with Gasteiger partial charge in [0.15, 0.2) is 11.5 Å². The number of aryl methyl sites for hydroxylation is 1. The molecule has 1 aromatic carbocycles. The quantitative estimate of drug-likeness (QED) is 0.466. The number of ether oxygens (including phenoxy) is 2. The largest absolute Gasteiger partial charge is 0.493 e. The maximum absolute atomic E-state index is 11.8. The summed E-state index contributed by atoms with van der Waals surface area (Å²) < 4.78 is 10.5. The number of methoxy groups -OCH3 is 1. The Kier molecular flexibility index (Phi) is 5.10. The van der Waals surface area contributed by atoms with Crippen LogP contribution < -0.4 is 9.47 Å². The van der Waals surface area contributed by atoms with E-state index in [1.165, 1.54) is 7.11 Å². The average molecular weight is 264 g/mol. The monoisotopic (exact) mass is 264 g/mol. The van der Waals surface area contributed by atoms with E-state index in [0.717, 1.165) is 11.8 Å². The molecule has 0 bridgehead atoms. The molecule has 0 aliphatic carbocycles. The van der Waals surface area contributed by atoms with E-state index in [2.05, 4.69) is 0 Å². The molecule has 0 heterocycles. The lowest BCUT2D eigenvalue weighted by Gasteiger charge is -2.18. The Morgan fingerprint density at radius 3 is 2.47 bits per heavy atom. The SMILES string of the molecule is COc1cc(CCC=O)ccc1OC(=O)C(C)(C)C. The van der Waals surface area contributed by atoms with E-state index in [9.17, 15) is 9.59 Å². The summed E-state index contributed by atoms with van der Waals surface area (Å²) in [5.41, 5.74) is 0.404. The summed E-state index contributed by atoms with van der Waals surface area (Å²) in [4.78, 5) is 22.2. The topological polar surface area (TPSA) is 52.6 Å². The number of esters is 1. The zero-order valence-corrected chi connectivity index (χ0v) is 11.9. The molecule has 0 aromatic heterocycles. The Morgan fingerprint density at radius 2 is 1.95 bits per heavy atom. The third kappa shape index (κ3) is 4.39. The van der Waals surface area contributed by atoms with Gasteiger partial charge in [-0.25, -0.2) is 0 Å². The van der Waals surface area contributed by atoms with Gasteiger partial charge in [0.1, 0.15) is 6.29 Å². The van der Waals surface area contributed by atoms with Gasteiger partial charge < -0.3 is 14.3 Å². The lowest BCUT2D eigenvalue weighted by molar-refractivity contribution is -0.143. The molecule has 0 spiro atoms. The Morgan fingerprint density at radius 1 is 1.26 bits per heavy atom. The predicted molar refractivity (Wildman–Crippen MR) is 72.5 cm³/mol. The van der Waals surface area contributed by atoms with E-state index in [-0.39, 0.29) is 5.97 Å². The number of rotatable bonds is 5. The molecule has 0 aliphatic rings. The summed E-state index contributed by atoms with van der Waals surface area (Å²) in [5.74, 6) is 0.588. The number of carbonyl (C=O) groups is 2. The van der Waals surface area contributed by atoms with Crippen molar-refractivity contribution in [1.29, 1.82) is 0 Å². The van der Waals surface area contributed by atoms with E-state index in [1.807, 2.05) is 6.07 Å². The molecule has 0 radical (unpaired) electrons. The lowest BCUT2D eigenvalue weighted by Crippen LogP contribution is -2.25. The minimum atomic E-state index is -0.568. The lowest BCUT2D eigenvalue weighted by atomic mass is 9.97. The van der Waals surface area contributed by atoms with Gasteiger partial charge in [-0.2, -0.15) is 0 Å². The second kappa shape index (κ2) is 6.36. The first kappa shape index (κ1) is 15.2. The van der Waals surface area contributed by atoms with Gasteiger partial charge in [0.05, 0.1) is 12.5 Å². The van der Waals surface area contributed by atoms with Crippen LogP contribution in [0.5, 0.6) is 11.5 Å². The predicted octanol–water partition coefficient (Wildman–Crippen LogP) is 2.78. The van der Waals surface area contributed by atoms with Crippen molar-refractivity contribution < 1.29 is 19.1 Å². The normalized spacial score (nSPS) is 10.9. The number of hydrogen-bond acceptors (Lipinski definition) is 4. The van der Waals surface area contributed by atoms with Gasteiger partial charge in [-0.05, 0) is 44.9 Å². The van der Waals surface area contributed by atoms with Gasteiger partial charge in [0, 0.05) is 6.42 Å². The summed E-state index contributed by atoms with van der Waals surface area (Å²) in [5, 5.41) is 0. The zero-order valence-electron chi connectivity index (χ0n) is 11.9. The molecule has 0 saturated heterocycles. The van der Waals surface area contributed by atoms with Crippen LogP contribution in [0.2, 0.25) is 0 Å². The summed E-state index contributed by atoms with van der Waals surface area (Å²) in [7, 11) is 1.52. The highest BCUT2D eigenvalue weighted by Gasteiger charge is 2.24. The van der Waals surface area contributed by atoms with Crippen molar-refractivity contribution in [2.24, 2.45) is 5.41 Å². The molecule has 0 N–H and O–H groups in total. The Hall–Kier alpha value is -1.84. The fourth-order valence-corrected chi connectivity index (χ4v) is 1.43. The zero-order chi connectivity index (χ0) is 14.5. The van der Waals surface area contributed by atoms with Crippen LogP contribution in [0.15, 0.2) is 18.2 Å². The Balaban J connectivity index is 2.90. The number of aldehydes is 1. The van der Waals surface area contributed by atoms with E-state index in [4.69, 9.17) is 9.47 Å². The van der Waals surface area contributed by atoms with E-state index in [1.54, 1.807) is 32.9 Å². The first-order valence-electron chi connectivity index (χ1n) is 6.21. The fraction of sp³-hybridized carbons (Fsp3) is 0.467. The van der Waals surface area contributed by atoms with Crippen molar-refractivity contribution in [2.75, 3.05) is 7.11 Å². The third-order valence-corrected chi connectivity index (χ3v) is 2.59. The van der Waals surface area contributed by atoms with Gasteiger partial charge in [-0.1, -0.05) is 6.07 Å². The van der Waals surface area contributed by atoms with Crippen molar-refractivity contribution in [3.8, 4) is 11.5 Å². The van der Waals surface area contributed by atoms with Crippen LogP contribution in [-0.4, -0.2) is 19.4 Å². The van der Waals surface area contributed by atoms with Gasteiger partial charge in [0.2, 0.25) is 0 Å². The van der Waals surface area contributed by atoms with Crippen LogP contribution in [0.25, 0.3) is 0 Å². The molecule has 0 aliphatic heterocycles. The van der Waals surface area contributed by atoms with Crippen molar-refractivity contribution in [1.82, 2.24) is 0 Å². The molecule has 19 heavy (non-hydrogen) atoms. The standard InChI is InChI=1S/C15H20O4/c1-15(2,3)14(17)19-12-8-7-11(6-5-9-16)10-13(12)18-4/h7-10H,5-6H2,1-4H3. The van der Waals surface area contributed by atoms with E-state index < -0.39 is 5.41 Å². The molecule has 4 nitrogen and oxygen atoms in total. The van der Waals surface area contributed by atoms with Crippen LogP contribution >= 0.6 is 0 Å². The highest BCUT2D eigenvalue weighted by atomic mass is 16.6. The molecule has 4 heteroatoms. The van der Waals surface area contributed by atoms with E-state index >= 15 is 0 Å². The van der Waals surface area contributed by atoms with Gasteiger partial charge in [-0.3, -0.25) is 4.79 Å². The summed E-state index contributed by atoms with van der Waals surface area (Å²) in [6.07, 6.45) is 1.98. The second-order valence-corrected chi connectivity index (χ2v) is 5.33. The van der Waals surface area contributed by atoms with Crippen LogP contribution in [0.3, 0.4) is 0 Å². The Bertz CT molecular complexity index is 458. The van der Waals surface area contributed by atoms with Crippen LogP contribution in [0, 0.1) is 5.41 Å². The van der Waals surface area contributed by atoms with Gasteiger partial charge in [-0.15, -0.1) is 0 Å². The molecule has 104 valence electrons. The second-order valence-electron chi connectivity index (χ2n) is 5.33. The van der Waals surface area contributed by atoms with Gasteiger partial charge in [0.25, 0.3) is 0 Å². The smallest absolute Gasteiger partial charge is 0.316 e. The van der Waals surface area contributed by atoms with Crippen molar-refractivity contribution in [2.45, 2.75) is 33.6 Å². The summed E-state index contributed by atoms with van der Waals surface area (Å²) in [6.45, 7) is 5.38. The average Bonchev–Trinajstić information content (AvgIpc) is 2.36. The summed E-state index contributed by atoms with van der Waals surface area (Å²) >= 11 is 0. The molecular formula is C15H20O4. The molecule has 0 saturated carbocycles. The minimum absolute atomic E-state index is 0.313. The highest BCUT2D eigenvalue weighted by Crippen LogP contribution is 2.30. The van der Waals surface area contributed by atoms with Crippen LogP contribution in [0.4, 0.5) is 0 Å². The Labute approximate surface area is 113 Å². The van der Waals surface area contributed by atoms with Crippen molar-refractivity contribution in [3.05, 3.63) is 23.8 Å². The molecule has 1 rings (SSSR count). The maximum atomic E-state index is 11.8. The third-order valence-electron chi connectivity index (χ3n) is 2.59. The maximum Gasteiger partial charge on any atom is 0.316 e. The molecule has 0 amide bonds. The highest BCUT2D eigenvalue weighted by molar-refractivity contribution is 5.78. The molecule has 0 atom stereocenters. The first-order valence-corrected chi connectivity index (χ1v) is 6.21. The molecule has 1 aromatic rings. The van der Waals surface area contributed by atoms with Crippen LogP contribution in [0.1, 0.15) is 32.8 Å². The summed E-state index contributed by atoms with van der Waals surface area (Å²) in [6, 6.07) is 5.31. The van der Waals surface area contributed by atoms with Gasteiger partial charge >= 0.3 is 5.97 Å². The van der Waals surface area contributed by atoms with Crippen molar-refractivity contribution >= 4 is 12.3 Å². The first-order chi connectivity index (χ1) is 8.88. The number of benzene rings is 1. The fourth-order valence-electron chi connectivity index (χ4n) is 1.43. The minimum Gasteiger partial charge on any atom is -0.493 e. The number of carbonyl (C=O) groups excluding carboxylic acids is 2. The van der Waals surface area contributed by atoms with E-state index in [0.29, 0.717) is 24.3 Å². The van der Waals surface area contributed by atoms with Crippen LogP contribution in [-0.2, 0) is 16.0 Å². The molecule has 0 fully saturated rings. The number of hydrogen-bond donors (Lipinski definition) is 0. The van der Waals surface area contributed by atoms with Crippen molar-refractivity contribution in [3.63, 3.8) is 0 Å². The molecule has 0 unspecified atom stereocenters. The molecular weight excluding hydrogens is 244 g/mol.